The molecule has 0 unspecified atom stereocenters. The molecule has 1 heterocycles. The number of benzene rings is 1. The number of sulfonamides is 1. The molecular weight excluding hydrogens is 370 g/mol. The number of rotatable bonds is 7. The topological polar surface area (TPSA) is 106 Å². The van der Waals surface area contributed by atoms with E-state index in [-0.39, 0.29) is 22.5 Å². The van der Waals surface area contributed by atoms with Crippen molar-refractivity contribution in [1.82, 2.24) is 4.90 Å². The molecule has 6 nitrogen and oxygen atoms in total. The van der Waals surface area contributed by atoms with Crippen LogP contribution >= 0.6 is 23.7 Å². The van der Waals surface area contributed by atoms with Crippen LogP contribution in [0.4, 0.5) is 0 Å². The van der Waals surface area contributed by atoms with Gasteiger partial charge in [0.1, 0.15) is 4.21 Å². The normalized spacial score (nSPS) is 10.9. The number of halogens is 1. The fourth-order valence-electron chi connectivity index (χ4n) is 2.14. The van der Waals surface area contributed by atoms with Crippen molar-refractivity contribution in [3.8, 4) is 0 Å². The van der Waals surface area contributed by atoms with Gasteiger partial charge in [-0.05, 0) is 18.1 Å². The Labute approximate surface area is 151 Å². The molecule has 0 spiro atoms. The maximum absolute atomic E-state index is 12.5. The van der Waals surface area contributed by atoms with E-state index in [0.717, 1.165) is 16.9 Å². The van der Waals surface area contributed by atoms with Gasteiger partial charge in [0, 0.05) is 25.0 Å². The van der Waals surface area contributed by atoms with Crippen molar-refractivity contribution in [2.24, 2.45) is 10.9 Å². The van der Waals surface area contributed by atoms with Crippen molar-refractivity contribution in [3.05, 3.63) is 52.9 Å². The van der Waals surface area contributed by atoms with Gasteiger partial charge in [-0.2, -0.15) is 0 Å². The predicted octanol–water partition coefficient (Wildman–Crippen LogP) is 1.46. The summed E-state index contributed by atoms with van der Waals surface area (Å²) < 4.78 is 22.6. The molecule has 4 N–H and O–H groups in total. The van der Waals surface area contributed by atoms with Crippen LogP contribution in [-0.2, 0) is 16.4 Å². The van der Waals surface area contributed by atoms with Crippen molar-refractivity contribution >= 4 is 39.7 Å². The minimum Gasteiger partial charge on any atom is -0.337 e. The average molecular weight is 390 g/mol. The first-order valence-electron chi connectivity index (χ1n) is 7.06. The molecule has 2 rings (SSSR count). The van der Waals surface area contributed by atoms with Crippen LogP contribution in [0.25, 0.3) is 0 Å². The molecule has 0 fully saturated rings. The molecule has 24 heavy (non-hydrogen) atoms. The summed E-state index contributed by atoms with van der Waals surface area (Å²) in [4.78, 5) is 14.2. The molecule has 1 aromatic heterocycles. The van der Waals surface area contributed by atoms with Gasteiger partial charge in [-0.3, -0.25) is 4.79 Å². The van der Waals surface area contributed by atoms with Crippen LogP contribution < -0.4 is 10.9 Å². The van der Waals surface area contributed by atoms with E-state index in [9.17, 15) is 13.2 Å². The first-order chi connectivity index (χ1) is 10.9. The highest BCUT2D eigenvalue weighted by atomic mass is 35.5. The summed E-state index contributed by atoms with van der Waals surface area (Å²) in [5, 5.41) is 6.59. The van der Waals surface area contributed by atoms with Gasteiger partial charge in [0.2, 0.25) is 10.0 Å². The summed E-state index contributed by atoms with van der Waals surface area (Å²) in [5.41, 5.74) is 7.02. The molecule has 2 aromatic rings. The summed E-state index contributed by atoms with van der Waals surface area (Å²) in [5.74, 6) is -0.238. The maximum atomic E-state index is 12.5. The van der Waals surface area contributed by atoms with E-state index in [2.05, 4.69) is 0 Å². The molecule has 0 atom stereocenters. The Kier molecular flexibility index (Phi) is 7.85. The predicted molar refractivity (Wildman–Crippen MR) is 98.0 cm³/mol. The Morgan fingerprint density at radius 2 is 1.83 bits per heavy atom. The standard InChI is InChI=1S/C15H19N3O3S2.ClH/c16-7-9-18(8-6-12-4-2-1-3-5-12)15(19)13-10-14(22-11-13)23(17,20)21;/h1-5,10-11H,6-9,16H2,(H2,17,20,21);1H. The van der Waals surface area contributed by atoms with Crippen LogP contribution in [0.3, 0.4) is 0 Å². The first-order valence-corrected chi connectivity index (χ1v) is 9.49. The zero-order chi connectivity index (χ0) is 16.9. The smallest absolute Gasteiger partial charge is 0.254 e. The molecule has 0 aliphatic carbocycles. The van der Waals surface area contributed by atoms with Gasteiger partial charge in [-0.1, -0.05) is 30.3 Å². The van der Waals surface area contributed by atoms with Crippen LogP contribution in [0.2, 0.25) is 0 Å². The number of carbonyl (C=O) groups excluding carboxylic acids is 1. The number of amides is 1. The van der Waals surface area contributed by atoms with Crippen LogP contribution in [0, 0.1) is 0 Å². The highest BCUT2D eigenvalue weighted by molar-refractivity contribution is 7.91. The van der Waals surface area contributed by atoms with Crippen LogP contribution in [-0.4, -0.2) is 38.9 Å². The summed E-state index contributed by atoms with van der Waals surface area (Å²) in [6.07, 6.45) is 0.707. The molecule has 1 amide bonds. The fourth-order valence-corrected chi connectivity index (χ4v) is 3.72. The highest BCUT2D eigenvalue weighted by Gasteiger charge is 2.19. The number of thiophene rings is 1. The lowest BCUT2D eigenvalue weighted by molar-refractivity contribution is 0.0762. The second-order valence-corrected chi connectivity index (χ2v) is 7.72. The minimum absolute atomic E-state index is 0. The molecule has 9 heteroatoms. The molecule has 0 radical (unpaired) electrons. The number of hydrogen-bond acceptors (Lipinski definition) is 5. The van der Waals surface area contributed by atoms with E-state index in [0.29, 0.717) is 31.6 Å². The van der Waals surface area contributed by atoms with Gasteiger partial charge in [0.25, 0.3) is 5.91 Å². The maximum Gasteiger partial charge on any atom is 0.254 e. The van der Waals surface area contributed by atoms with Crippen molar-refractivity contribution in [3.63, 3.8) is 0 Å². The Morgan fingerprint density at radius 3 is 2.38 bits per heavy atom. The molecule has 0 bridgehead atoms. The number of primary sulfonamides is 1. The Balaban J connectivity index is 0.00000288. The molecule has 132 valence electrons. The molecule has 0 saturated carbocycles. The zero-order valence-corrected chi connectivity index (χ0v) is 15.4. The van der Waals surface area contributed by atoms with Crippen molar-refractivity contribution in [2.45, 2.75) is 10.6 Å². The van der Waals surface area contributed by atoms with E-state index in [1.165, 1.54) is 11.4 Å². The highest BCUT2D eigenvalue weighted by Crippen LogP contribution is 2.20. The lowest BCUT2D eigenvalue weighted by Gasteiger charge is -2.21. The molecule has 0 aliphatic rings. The third-order valence-electron chi connectivity index (χ3n) is 3.30. The fraction of sp³-hybridized carbons (Fsp3) is 0.267. The van der Waals surface area contributed by atoms with E-state index in [1.54, 1.807) is 4.90 Å². The van der Waals surface area contributed by atoms with Crippen molar-refractivity contribution in [1.29, 1.82) is 0 Å². The summed E-state index contributed by atoms with van der Waals surface area (Å²) in [6, 6.07) is 11.1. The van der Waals surface area contributed by atoms with Gasteiger partial charge < -0.3 is 10.6 Å². The number of carbonyl (C=O) groups is 1. The first kappa shape index (κ1) is 20.6. The SMILES string of the molecule is Cl.NCCN(CCc1ccccc1)C(=O)c1csc(S(N)(=O)=O)c1. The van der Waals surface area contributed by atoms with Gasteiger partial charge in [-0.25, -0.2) is 13.6 Å². The molecule has 0 aliphatic heterocycles. The number of nitrogens with zero attached hydrogens (tertiary/aromatic N) is 1. The Bertz CT molecular complexity index is 763. The van der Waals surface area contributed by atoms with Crippen LogP contribution in [0.15, 0.2) is 46.0 Å². The lowest BCUT2D eigenvalue weighted by Crippen LogP contribution is -2.36. The third-order valence-corrected chi connectivity index (χ3v) is 5.69. The van der Waals surface area contributed by atoms with E-state index in [1.807, 2.05) is 30.3 Å². The number of hydrogen-bond donors (Lipinski definition) is 2. The van der Waals surface area contributed by atoms with E-state index >= 15 is 0 Å². The molecular formula is C15H20ClN3O3S2. The zero-order valence-electron chi connectivity index (χ0n) is 12.9. The largest absolute Gasteiger partial charge is 0.337 e. The summed E-state index contributed by atoms with van der Waals surface area (Å²) >= 11 is 0.943. The quantitative estimate of drug-likeness (QED) is 0.747. The van der Waals surface area contributed by atoms with Crippen LogP contribution in [0.1, 0.15) is 15.9 Å². The van der Waals surface area contributed by atoms with Crippen LogP contribution in [0.5, 0.6) is 0 Å². The minimum atomic E-state index is -3.79. The second kappa shape index (κ2) is 9.14. The van der Waals surface area contributed by atoms with E-state index in [4.69, 9.17) is 10.9 Å². The van der Waals surface area contributed by atoms with Crippen molar-refractivity contribution in [2.75, 3.05) is 19.6 Å². The third kappa shape index (κ3) is 5.57. The van der Waals surface area contributed by atoms with Gasteiger partial charge >= 0.3 is 0 Å². The van der Waals surface area contributed by atoms with Gasteiger partial charge in [0.15, 0.2) is 0 Å². The van der Waals surface area contributed by atoms with Gasteiger partial charge in [-0.15, -0.1) is 23.7 Å². The van der Waals surface area contributed by atoms with Gasteiger partial charge in [0.05, 0.1) is 5.56 Å². The molecule has 1 aromatic carbocycles. The summed E-state index contributed by atoms with van der Waals surface area (Å²) in [7, 11) is -3.79. The summed E-state index contributed by atoms with van der Waals surface area (Å²) in [6.45, 7) is 1.26. The number of nitrogens with two attached hydrogens (primary N) is 2. The van der Waals surface area contributed by atoms with Crippen molar-refractivity contribution < 1.29 is 13.2 Å². The van der Waals surface area contributed by atoms with E-state index < -0.39 is 10.0 Å². The Hall–Kier alpha value is -1.45. The average Bonchev–Trinajstić information content (AvgIpc) is 3.02. The Morgan fingerprint density at radius 1 is 1.17 bits per heavy atom. The lowest BCUT2D eigenvalue weighted by atomic mass is 10.1. The molecule has 0 saturated heterocycles. The monoisotopic (exact) mass is 389 g/mol. The second-order valence-electron chi connectivity index (χ2n) is 5.02.